The first kappa shape index (κ1) is 12.7. The van der Waals surface area contributed by atoms with E-state index in [4.69, 9.17) is 16.3 Å². The zero-order valence-electron chi connectivity index (χ0n) is 10.4. The van der Waals surface area contributed by atoms with Crippen LogP contribution in [0.25, 0.3) is 0 Å². The number of hydrogen-bond donors (Lipinski definition) is 1. The van der Waals surface area contributed by atoms with E-state index in [-0.39, 0.29) is 12.0 Å². The molecule has 0 unspecified atom stereocenters. The maximum absolute atomic E-state index is 9.45. The molecule has 1 aromatic carbocycles. The van der Waals surface area contributed by atoms with E-state index in [1.54, 1.807) is 0 Å². The Labute approximate surface area is 108 Å². The summed E-state index contributed by atoms with van der Waals surface area (Å²) >= 11 is 6.02. The first-order chi connectivity index (χ1) is 8.03. The molecule has 0 atom stereocenters. The van der Waals surface area contributed by atoms with E-state index in [0.29, 0.717) is 5.02 Å². The highest BCUT2D eigenvalue weighted by Crippen LogP contribution is 2.35. The van der Waals surface area contributed by atoms with Gasteiger partial charge in [0.05, 0.1) is 13.2 Å². The molecule has 1 aromatic rings. The lowest BCUT2D eigenvalue weighted by Gasteiger charge is -2.25. The molecule has 0 aromatic heterocycles. The fourth-order valence-electron chi connectivity index (χ4n) is 1.73. The fraction of sp³-hybridized carbons (Fsp3) is 0.571. The average Bonchev–Trinajstić information content (AvgIpc) is 3.11. The van der Waals surface area contributed by atoms with Crippen molar-refractivity contribution in [2.45, 2.75) is 32.1 Å². The summed E-state index contributed by atoms with van der Waals surface area (Å²) in [6.45, 7) is 4.83. The van der Waals surface area contributed by atoms with Crippen molar-refractivity contribution in [3.05, 3.63) is 28.8 Å². The number of aliphatic hydroxyl groups excluding tert-OH is 1. The van der Waals surface area contributed by atoms with Gasteiger partial charge in [0.25, 0.3) is 0 Å². The van der Waals surface area contributed by atoms with Gasteiger partial charge < -0.3 is 9.84 Å². The Morgan fingerprint density at radius 3 is 2.71 bits per heavy atom. The Morgan fingerprint density at radius 1 is 1.41 bits per heavy atom. The van der Waals surface area contributed by atoms with Crippen molar-refractivity contribution in [2.24, 2.45) is 5.92 Å². The molecule has 1 saturated carbocycles. The molecule has 17 heavy (non-hydrogen) atoms. The van der Waals surface area contributed by atoms with E-state index < -0.39 is 0 Å². The molecular weight excluding hydrogens is 236 g/mol. The molecule has 1 aliphatic carbocycles. The Morgan fingerprint density at radius 2 is 2.12 bits per heavy atom. The van der Waals surface area contributed by atoms with Crippen molar-refractivity contribution in [3.63, 3.8) is 0 Å². The predicted molar refractivity (Wildman–Crippen MR) is 69.8 cm³/mol. The molecule has 1 N–H and O–H groups in total. The van der Waals surface area contributed by atoms with Crippen LogP contribution in [-0.2, 0) is 5.41 Å². The van der Waals surface area contributed by atoms with Gasteiger partial charge in [0.15, 0.2) is 0 Å². The highest BCUT2D eigenvalue weighted by atomic mass is 35.5. The smallest absolute Gasteiger partial charge is 0.123 e. The van der Waals surface area contributed by atoms with Crippen LogP contribution in [0, 0.1) is 5.92 Å². The Balaban J connectivity index is 2.22. The summed E-state index contributed by atoms with van der Waals surface area (Å²) < 4.78 is 5.83. The van der Waals surface area contributed by atoms with Crippen LogP contribution in [0.4, 0.5) is 0 Å². The molecule has 2 nitrogen and oxygen atoms in total. The maximum Gasteiger partial charge on any atom is 0.123 e. The Hall–Kier alpha value is -0.730. The summed E-state index contributed by atoms with van der Waals surface area (Å²) in [6, 6.07) is 5.62. The van der Waals surface area contributed by atoms with E-state index in [9.17, 15) is 5.11 Å². The van der Waals surface area contributed by atoms with Gasteiger partial charge in [-0.1, -0.05) is 25.4 Å². The number of halogens is 1. The number of hydrogen-bond acceptors (Lipinski definition) is 2. The lowest BCUT2D eigenvalue weighted by molar-refractivity contribution is 0.211. The second-order valence-corrected chi connectivity index (χ2v) is 5.87. The topological polar surface area (TPSA) is 29.5 Å². The second kappa shape index (κ2) is 4.87. The first-order valence-electron chi connectivity index (χ1n) is 6.06. The highest BCUT2D eigenvalue weighted by molar-refractivity contribution is 6.30. The van der Waals surface area contributed by atoms with Gasteiger partial charge in [-0.05, 0) is 37.0 Å². The normalized spacial score (nSPS) is 16.0. The molecule has 0 amide bonds. The van der Waals surface area contributed by atoms with Gasteiger partial charge in [0.1, 0.15) is 5.75 Å². The van der Waals surface area contributed by atoms with Gasteiger partial charge in [0.2, 0.25) is 0 Å². The summed E-state index contributed by atoms with van der Waals surface area (Å²) in [5.74, 6) is 1.57. The summed E-state index contributed by atoms with van der Waals surface area (Å²) in [4.78, 5) is 0. The SMILES string of the molecule is CC(C)(CO)c1cc(Cl)ccc1OCC1CC1. The van der Waals surface area contributed by atoms with Crippen molar-refractivity contribution in [1.82, 2.24) is 0 Å². The van der Waals surface area contributed by atoms with Crippen LogP contribution in [0.5, 0.6) is 5.75 Å². The van der Waals surface area contributed by atoms with Gasteiger partial charge in [-0.3, -0.25) is 0 Å². The van der Waals surface area contributed by atoms with Gasteiger partial charge >= 0.3 is 0 Å². The summed E-state index contributed by atoms with van der Waals surface area (Å²) in [5, 5.41) is 10.1. The molecule has 94 valence electrons. The standard InChI is InChI=1S/C14H19ClO2/c1-14(2,9-16)12-7-11(15)5-6-13(12)17-8-10-3-4-10/h5-7,10,16H,3-4,8-9H2,1-2H3. The lowest BCUT2D eigenvalue weighted by atomic mass is 9.85. The quantitative estimate of drug-likeness (QED) is 0.873. The van der Waals surface area contributed by atoms with E-state index in [2.05, 4.69) is 0 Å². The minimum atomic E-state index is -0.330. The van der Waals surface area contributed by atoms with Gasteiger partial charge in [-0.15, -0.1) is 0 Å². The molecule has 0 radical (unpaired) electrons. The van der Waals surface area contributed by atoms with Crippen molar-refractivity contribution >= 4 is 11.6 Å². The summed E-state index contributed by atoms with van der Waals surface area (Å²) in [7, 11) is 0. The third-order valence-corrected chi connectivity index (χ3v) is 3.47. The van der Waals surface area contributed by atoms with Crippen LogP contribution in [0.3, 0.4) is 0 Å². The van der Waals surface area contributed by atoms with Crippen molar-refractivity contribution < 1.29 is 9.84 Å². The van der Waals surface area contributed by atoms with Gasteiger partial charge in [0, 0.05) is 16.0 Å². The zero-order valence-corrected chi connectivity index (χ0v) is 11.1. The third kappa shape index (κ3) is 3.14. The maximum atomic E-state index is 9.45. The number of aliphatic hydroxyl groups is 1. The molecule has 1 aliphatic rings. The summed E-state index contributed by atoms with van der Waals surface area (Å²) in [5.41, 5.74) is 0.650. The van der Waals surface area contributed by atoms with Gasteiger partial charge in [-0.2, -0.15) is 0 Å². The predicted octanol–water partition coefficient (Wildman–Crippen LogP) is 3.40. The molecule has 0 saturated heterocycles. The van der Waals surface area contributed by atoms with Crippen molar-refractivity contribution in [2.75, 3.05) is 13.2 Å². The Kier molecular flexibility index (Phi) is 3.64. The van der Waals surface area contributed by atoms with Crippen LogP contribution < -0.4 is 4.74 Å². The van der Waals surface area contributed by atoms with Crippen molar-refractivity contribution in [1.29, 1.82) is 0 Å². The molecule has 1 fully saturated rings. The molecule has 3 heteroatoms. The Bertz CT molecular complexity index is 397. The number of ether oxygens (including phenoxy) is 1. The fourth-order valence-corrected chi connectivity index (χ4v) is 1.91. The van der Waals surface area contributed by atoms with Crippen LogP contribution in [0.15, 0.2) is 18.2 Å². The third-order valence-electron chi connectivity index (χ3n) is 3.24. The lowest BCUT2D eigenvalue weighted by Crippen LogP contribution is -2.23. The van der Waals surface area contributed by atoms with E-state index in [1.807, 2.05) is 32.0 Å². The van der Waals surface area contributed by atoms with Crippen LogP contribution in [0.1, 0.15) is 32.3 Å². The second-order valence-electron chi connectivity index (χ2n) is 5.44. The number of benzene rings is 1. The summed E-state index contributed by atoms with van der Waals surface area (Å²) in [6.07, 6.45) is 2.54. The molecule has 0 spiro atoms. The van der Waals surface area contributed by atoms with Crippen LogP contribution in [0.2, 0.25) is 5.02 Å². The zero-order chi connectivity index (χ0) is 12.5. The average molecular weight is 255 g/mol. The van der Waals surface area contributed by atoms with Crippen LogP contribution in [-0.4, -0.2) is 18.3 Å². The minimum Gasteiger partial charge on any atom is -0.493 e. The van der Waals surface area contributed by atoms with Gasteiger partial charge in [-0.25, -0.2) is 0 Å². The van der Waals surface area contributed by atoms with Crippen LogP contribution >= 0.6 is 11.6 Å². The molecule has 2 rings (SSSR count). The molecule has 0 bridgehead atoms. The minimum absolute atomic E-state index is 0.0765. The molecule has 0 heterocycles. The van der Waals surface area contributed by atoms with Crippen molar-refractivity contribution in [3.8, 4) is 5.75 Å². The van der Waals surface area contributed by atoms with E-state index in [0.717, 1.165) is 23.8 Å². The van der Waals surface area contributed by atoms with E-state index in [1.165, 1.54) is 12.8 Å². The highest BCUT2D eigenvalue weighted by Gasteiger charge is 2.26. The first-order valence-corrected chi connectivity index (χ1v) is 6.44. The molecular formula is C14H19ClO2. The number of rotatable bonds is 5. The monoisotopic (exact) mass is 254 g/mol. The largest absolute Gasteiger partial charge is 0.493 e. The molecule has 0 aliphatic heterocycles. The van der Waals surface area contributed by atoms with E-state index >= 15 is 0 Å².